The highest BCUT2D eigenvalue weighted by atomic mass is 32.1. The van der Waals surface area contributed by atoms with E-state index in [0.29, 0.717) is 0 Å². The van der Waals surface area contributed by atoms with Crippen LogP contribution in [0.2, 0.25) is 0 Å². The smallest absolute Gasteiger partial charge is 0.269 e. The lowest BCUT2D eigenvalue weighted by atomic mass is 10.0. The molecule has 0 spiro atoms. The number of benzene rings is 1. The Balaban J connectivity index is 2.00. The second-order valence-corrected chi connectivity index (χ2v) is 5.81. The second-order valence-electron chi connectivity index (χ2n) is 5.03. The van der Waals surface area contributed by atoms with Gasteiger partial charge in [0, 0.05) is 18.2 Å². The van der Waals surface area contributed by atoms with E-state index in [0.717, 1.165) is 31.4 Å². The number of nitrogens with zero attached hydrogens (tertiary/aromatic N) is 1. The van der Waals surface area contributed by atoms with E-state index in [-0.39, 0.29) is 16.7 Å². The van der Waals surface area contributed by atoms with Gasteiger partial charge in [-0.1, -0.05) is 25.5 Å². The van der Waals surface area contributed by atoms with Crippen molar-refractivity contribution in [3.05, 3.63) is 62.3 Å². The lowest BCUT2D eigenvalue weighted by Crippen LogP contribution is -2.23. The predicted octanol–water partition coefficient (Wildman–Crippen LogP) is 4.33. The molecule has 2 aromatic rings. The molecule has 5 heteroatoms. The van der Waals surface area contributed by atoms with E-state index in [1.165, 1.54) is 11.6 Å². The van der Waals surface area contributed by atoms with Gasteiger partial charge in [-0.15, -0.1) is 0 Å². The highest BCUT2D eigenvalue weighted by molar-refractivity contribution is 7.07. The SMILES string of the molecule is CCCC(NCCc1ccsc1)c1cccc([N+](=O)[O-])c1. The van der Waals surface area contributed by atoms with Crippen molar-refractivity contribution in [2.75, 3.05) is 6.54 Å². The first-order chi connectivity index (χ1) is 10.2. The third kappa shape index (κ3) is 4.65. The van der Waals surface area contributed by atoms with Crippen LogP contribution in [0, 0.1) is 10.1 Å². The molecule has 0 bridgehead atoms. The summed E-state index contributed by atoms with van der Waals surface area (Å²) < 4.78 is 0. The van der Waals surface area contributed by atoms with Crippen LogP contribution in [-0.2, 0) is 6.42 Å². The minimum Gasteiger partial charge on any atom is -0.310 e. The molecule has 1 N–H and O–H groups in total. The van der Waals surface area contributed by atoms with Crippen LogP contribution in [-0.4, -0.2) is 11.5 Å². The third-order valence-electron chi connectivity index (χ3n) is 3.45. The van der Waals surface area contributed by atoms with Gasteiger partial charge < -0.3 is 5.32 Å². The van der Waals surface area contributed by atoms with Crippen molar-refractivity contribution >= 4 is 17.0 Å². The first kappa shape index (κ1) is 15.7. The van der Waals surface area contributed by atoms with E-state index in [1.807, 2.05) is 6.07 Å². The maximum Gasteiger partial charge on any atom is 0.269 e. The number of nitro groups is 1. The first-order valence-corrected chi connectivity index (χ1v) is 8.13. The highest BCUT2D eigenvalue weighted by Gasteiger charge is 2.13. The van der Waals surface area contributed by atoms with Gasteiger partial charge in [0.2, 0.25) is 0 Å². The molecule has 4 nitrogen and oxygen atoms in total. The van der Waals surface area contributed by atoms with Gasteiger partial charge in [-0.25, -0.2) is 0 Å². The van der Waals surface area contributed by atoms with Gasteiger partial charge in [0.05, 0.1) is 4.92 Å². The predicted molar refractivity (Wildman–Crippen MR) is 86.8 cm³/mol. The van der Waals surface area contributed by atoms with Crippen LogP contribution in [0.1, 0.15) is 36.9 Å². The Bertz CT molecular complexity index is 569. The molecule has 21 heavy (non-hydrogen) atoms. The average Bonchev–Trinajstić information content (AvgIpc) is 3.00. The van der Waals surface area contributed by atoms with Crippen LogP contribution in [0.15, 0.2) is 41.1 Å². The van der Waals surface area contributed by atoms with Crippen LogP contribution in [0.4, 0.5) is 5.69 Å². The number of nitro benzene ring substituents is 1. The summed E-state index contributed by atoms with van der Waals surface area (Å²) in [5.41, 5.74) is 2.49. The molecule has 1 unspecified atom stereocenters. The summed E-state index contributed by atoms with van der Waals surface area (Å²) in [6.45, 7) is 3.01. The Morgan fingerprint density at radius 1 is 1.38 bits per heavy atom. The molecule has 1 atom stereocenters. The fraction of sp³-hybridized carbons (Fsp3) is 0.375. The molecule has 0 aliphatic heterocycles. The van der Waals surface area contributed by atoms with Crippen molar-refractivity contribution in [1.29, 1.82) is 0 Å². The molecule has 0 amide bonds. The molecule has 1 aromatic carbocycles. The monoisotopic (exact) mass is 304 g/mol. The Kier molecular flexibility index (Phi) is 5.90. The normalized spacial score (nSPS) is 12.2. The topological polar surface area (TPSA) is 55.2 Å². The lowest BCUT2D eigenvalue weighted by molar-refractivity contribution is -0.384. The minimum atomic E-state index is -0.335. The molecule has 112 valence electrons. The van der Waals surface area contributed by atoms with Crippen LogP contribution in [0.5, 0.6) is 0 Å². The van der Waals surface area contributed by atoms with Gasteiger partial charge in [-0.3, -0.25) is 10.1 Å². The van der Waals surface area contributed by atoms with Gasteiger partial charge >= 0.3 is 0 Å². The Morgan fingerprint density at radius 3 is 2.90 bits per heavy atom. The fourth-order valence-electron chi connectivity index (χ4n) is 2.36. The van der Waals surface area contributed by atoms with Gasteiger partial charge in [-0.05, 0) is 47.3 Å². The molecule has 0 saturated heterocycles. The number of non-ortho nitro benzene ring substituents is 1. The minimum absolute atomic E-state index is 0.160. The summed E-state index contributed by atoms with van der Waals surface area (Å²) in [5, 5.41) is 18.7. The largest absolute Gasteiger partial charge is 0.310 e. The number of hydrogen-bond acceptors (Lipinski definition) is 4. The van der Waals surface area contributed by atoms with E-state index in [1.54, 1.807) is 23.5 Å². The lowest BCUT2D eigenvalue weighted by Gasteiger charge is -2.18. The van der Waals surface area contributed by atoms with Crippen LogP contribution in [0.25, 0.3) is 0 Å². The van der Waals surface area contributed by atoms with Crippen molar-refractivity contribution in [2.45, 2.75) is 32.2 Å². The van der Waals surface area contributed by atoms with Crippen molar-refractivity contribution < 1.29 is 4.92 Å². The Labute approximate surface area is 129 Å². The molecular formula is C16H20N2O2S. The highest BCUT2D eigenvalue weighted by Crippen LogP contribution is 2.22. The summed E-state index contributed by atoms with van der Waals surface area (Å²) in [6, 6.07) is 9.25. The van der Waals surface area contributed by atoms with Crippen LogP contribution in [0.3, 0.4) is 0 Å². The zero-order valence-corrected chi connectivity index (χ0v) is 12.9. The fourth-order valence-corrected chi connectivity index (χ4v) is 3.06. The summed E-state index contributed by atoms with van der Waals surface area (Å²) in [4.78, 5) is 10.6. The maximum absolute atomic E-state index is 10.9. The molecule has 0 fully saturated rings. The summed E-state index contributed by atoms with van der Waals surface area (Å²) >= 11 is 1.71. The number of thiophene rings is 1. The van der Waals surface area contributed by atoms with Crippen molar-refractivity contribution in [1.82, 2.24) is 5.32 Å². The molecular weight excluding hydrogens is 284 g/mol. The Morgan fingerprint density at radius 2 is 2.24 bits per heavy atom. The van der Waals surface area contributed by atoms with E-state index >= 15 is 0 Å². The summed E-state index contributed by atoms with van der Waals surface area (Å²) in [6.07, 6.45) is 3.00. The van der Waals surface area contributed by atoms with Gasteiger partial charge in [0.25, 0.3) is 5.69 Å². The van der Waals surface area contributed by atoms with Crippen molar-refractivity contribution in [2.24, 2.45) is 0 Å². The van der Waals surface area contributed by atoms with E-state index in [2.05, 4.69) is 29.1 Å². The zero-order valence-electron chi connectivity index (χ0n) is 12.1. The molecule has 2 rings (SSSR count). The van der Waals surface area contributed by atoms with E-state index < -0.39 is 0 Å². The second kappa shape index (κ2) is 7.90. The molecule has 0 saturated carbocycles. The van der Waals surface area contributed by atoms with Gasteiger partial charge in [-0.2, -0.15) is 11.3 Å². The number of nitrogens with one attached hydrogen (secondary N) is 1. The zero-order chi connectivity index (χ0) is 15.1. The summed E-state index contributed by atoms with van der Waals surface area (Å²) in [5.74, 6) is 0. The molecule has 0 aliphatic carbocycles. The molecule has 1 aromatic heterocycles. The van der Waals surface area contributed by atoms with Crippen molar-refractivity contribution in [3.8, 4) is 0 Å². The Hall–Kier alpha value is -1.72. The van der Waals surface area contributed by atoms with Gasteiger partial charge in [0.1, 0.15) is 0 Å². The quantitative estimate of drug-likeness (QED) is 0.583. The summed E-state index contributed by atoms with van der Waals surface area (Å²) in [7, 11) is 0. The van der Waals surface area contributed by atoms with Crippen LogP contribution < -0.4 is 5.32 Å². The van der Waals surface area contributed by atoms with E-state index in [4.69, 9.17) is 0 Å². The number of rotatable bonds is 8. The van der Waals surface area contributed by atoms with Gasteiger partial charge in [0.15, 0.2) is 0 Å². The number of hydrogen-bond donors (Lipinski definition) is 1. The average molecular weight is 304 g/mol. The third-order valence-corrected chi connectivity index (χ3v) is 4.18. The molecule has 1 heterocycles. The van der Waals surface area contributed by atoms with E-state index in [9.17, 15) is 10.1 Å². The van der Waals surface area contributed by atoms with Crippen molar-refractivity contribution in [3.63, 3.8) is 0 Å². The molecule has 0 radical (unpaired) electrons. The first-order valence-electron chi connectivity index (χ1n) is 7.19. The standard InChI is InChI=1S/C16H20N2O2S/c1-2-4-16(17-9-7-13-8-10-21-12-13)14-5-3-6-15(11-14)18(19)20/h3,5-6,8,10-12,16-17H,2,4,7,9H2,1H3. The maximum atomic E-state index is 10.9. The molecule has 0 aliphatic rings. The van der Waals surface area contributed by atoms with Crippen LogP contribution >= 0.6 is 11.3 Å².